The van der Waals surface area contributed by atoms with Gasteiger partial charge in [-0.2, -0.15) is 0 Å². The van der Waals surface area contributed by atoms with Gasteiger partial charge < -0.3 is 4.90 Å². The second-order valence-electron chi connectivity index (χ2n) is 14.6. The van der Waals surface area contributed by atoms with E-state index in [-0.39, 0.29) is 7.92 Å². The van der Waals surface area contributed by atoms with E-state index in [4.69, 9.17) is 0 Å². The highest BCUT2D eigenvalue weighted by atomic mass is 31.1. The van der Waals surface area contributed by atoms with Gasteiger partial charge in [-0.25, -0.2) is 0 Å². The molecule has 8 saturated carbocycles. The molecule has 0 spiro atoms. The smallest absolute Gasteiger partial charge is 0.0367 e. The topological polar surface area (TPSA) is 3.24 Å². The van der Waals surface area contributed by atoms with Gasteiger partial charge in [0.05, 0.1) is 0 Å². The second-order valence-corrected chi connectivity index (χ2v) is 17.6. The van der Waals surface area contributed by atoms with E-state index in [1.165, 1.54) is 11.3 Å². The Morgan fingerprint density at radius 3 is 1.56 bits per heavy atom. The summed E-state index contributed by atoms with van der Waals surface area (Å²) in [6.07, 6.45) is 18.8. The summed E-state index contributed by atoms with van der Waals surface area (Å²) in [4.78, 5) is 2.27. The molecule has 0 unspecified atom stereocenters. The molecule has 2 aromatic carbocycles. The molecule has 0 N–H and O–H groups in total. The third kappa shape index (κ3) is 3.43. The second kappa shape index (κ2) is 8.09. The monoisotopic (exact) mass is 497 g/mol. The van der Waals surface area contributed by atoms with Crippen molar-refractivity contribution in [3.63, 3.8) is 0 Å². The first-order valence-corrected chi connectivity index (χ1v) is 16.5. The van der Waals surface area contributed by atoms with Crippen molar-refractivity contribution in [2.45, 2.75) is 87.4 Å². The van der Waals surface area contributed by atoms with Gasteiger partial charge >= 0.3 is 0 Å². The lowest BCUT2D eigenvalue weighted by molar-refractivity contribution is 0.0195. The van der Waals surface area contributed by atoms with Crippen LogP contribution in [-0.4, -0.2) is 24.4 Å². The molecule has 8 aliphatic rings. The number of benzene rings is 2. The molecule has 0 heterocycles. The van der Waals surface area contributed by atoms with Gasteiger partial charge in [0, 0.05) is 19.8 Å². The van der Waals surface area contributed by atoms with Gasteiger partial charge in [0.2, 0.25) is 0 Å². The number of nitrogens with zero attached hydrogens (tertiary/aromatic N) is 1. The molecule has 0 aromatic heterocycles. The fourth-order valence-corrected chi connectivity index (χ4v) is 16.9. The van der Waals surface area contributed by atoms with Crippen LogP contribution in [0.25, 0.3) is 11.1 Å². The quantitative estimate of drug-likeness (QED) is 0.375. The molecule has 0 radical (unpaired) electrons. The molecule has 190 valence electrons. The Morgan fingerprint density at radius 2 is 1.08 bits per heavy atom. The Balaban J connectivity index is 1.31. The van der Waals surface area contributed by atoms with Crippen LogP contribution in [0.1, 0.15) is 77.0 Å². The fourth-order valence-electron chi connectivity index (χ4n) is 11.6. The predicted molar refractivity (Wildman–Crippen MR) is 155 cm³/mol. The zero-order valence-electron chi connectivity index (χ0n) is 22.5. The van der Waals surface area contributed by atoms with Crippen LogP contribution in [0.5, 0.6) is 0 Å². The molecule has 36 heavy (non-hydrogen) atoms. The minimum Gasteiger partial charge on any atom is -0.378 e. The van der Waals surface area contributed by atoms with E-state index >= 15 is 0 Å². The normalized spacial score (nSPS) is 42.6. The maximum Gasteiger partial charge on any atom is 0.0367 e. The van der Waals surface area contributed by atoms with E-state index in [9.17, 15) is 0 Å². The van der Waals surface area contributed by atoms with E-state index in [2.05, 4.69) is 67.5 Å². The van der Waals surface area contributed by atoms with Gasteiger partial charge in [0.25, 0.3) is 0 Å². The lowest BCUT2D eigenvalue weighted by atomic mass is 9.55. The zero-order valence-corrected chi connectivity index (χ0v) is 23.4. The average Bonchev–Trinajstić information content (AvgIpc) is 2.82. The summed E-state index contributed by atoms with van der Waals surface area (Å²) in [6, 6.07) is 19.3. The van der Waals surface area contributed by atoms with Crippen LogP contribution in [0.2, 0.25) is 0 Å². The molecule has 2 heteroatoms. The highest BCUT2D eigenvalue weighted by Crippen LogP contribution is 2.78. The molecule has 0 atom stereocenters. The molecular weight excluding hydrogens is 453 g/mol. The lowest BCUT2D eigenvalue weighted by Gasteiger charge is -2.67. The SMILES string of the molecule is CN(C)c1cccc(-c2ccccc2P(C23CC4CC(CC(C4)C2)C3)C23CC4CC(CC(C4)C2)C3)c1. The molecule has 10 rings (SSSR count). The number of hydrogen-bond acceptors (Lipinski definition) is 1. The van der Waals surface area contributed by atoms with E-state index < -0.39 is 0 Å². The Hall–Kier alpha value is -1.33. The standard InChI is InChI=1S/C34H44NP/c1-35(2)30-7-5-6-29(16-30)31-8-3-4-9-32(31)36(33-17-23-10-24(18-33)12-25(11-23)19-33)34-20-26-13-27(21-34)15-28(14-26)22-34/h3-9,16,23-28H,10-15,17-22H2,1-2H3. The average molecular weight is 498 g/mol. The Morgan fingerprint density at radius 1 is 0.611 bits per heavy atom. The van der Waals surface area contributed by atoms with Crippen molar-refractivity contribution in [1.82, 2.24) is 0 Å². The number of anilines is 1. The van der Waals surface area contributed by atoms with E-state index in [0.29, 0.717) is 10.3 Å². The molecule has 8 fully saturated rings. The van der Waals surface area contributed by atoms with Crippen molar-refractivity contribution in [3.8, 4) is 11.1 Å². The highest BCUT2D eigenvalue weighted by molar-refractivity contribution is 7.69. The summed E-state index contributed by atoms with van der Waals surface area (Å²) >= 11 is 0. The van der Waals surface area contributed by atoms with Gasteiger partial charge in [0.1, 0.15) is 0 Å². The van der Waals surface area contributed by atoms with Gasteiger partial charge in [-0.05, 0) is 151 Å². The lowest BCUT2D eigenvalue weighted by Crippen LogP contribution is -2.58. The van der Waals surface area contributed by atoms with Gasteiger partial charge in [0.15, 0.2) is 0 Å². The largest absolute Gasteiger partial charge is 0.378 e. The Kier molecular flexibility index (Phi) is 5.08. The summed E-state index contributed by atoms with van der Waals surface area (Å²) in [7, 11) is 4.18. The number of rotatable bonds is 5. The summed E-state index contributed by atoms with van der Waals surface area (Å²) in [5.74, 6) is 6.25. The van der Waals surface area contributed by atoms with Crippen LogP contribution < -0.4 is 10.2 Å². The molecule has 8 aliphatic carbocycles. The van der Waals surface area contributed by atoms with Crippen molar-refractivity contribution >= 4 is 18.9 Å². The van der Waals surface area contributed by atoms with Crippen LogP contribution in [-0.2, 0) is 0 Å². The zero-order chi connectivity index (χ0) is 24.1. The Labute approximate surface area is 220 Å². The highest BCUT2D eigenvalue weighted by Gasteiger charge is 2.63. The van der Waals surface area contributed by atoms with Crippen molar-refractivity contribution in [1.29, 1.82) is 0 Å². The third-order valence-corrected chi connectivity index (χ3v) is 15.6. The predicted octanol–water partition coefficient (Wildman–Crippen LogP) is 8.46. The molecule has 0 aliphatic heterocycles. The van der Waals surface area contributed by atoms with Crippen molar-refractivity contribution in [2.24, 2.45) is 35.5 Å². The molecule has 2 aromatic rings. The molecule has 1 nitrogen and oxygen atoms in total. The molecular formula is C34H44NP. The molecule has 8 bridgehead atoms. The minimum absolute atomic E-state index is 0.187. The van der Waals surface area contributed by atoms with Crippen molar-refractivity contribution in [3.05, 3.63) is 48.5 Å². The van der Waals surface area contributed by atoms with E-state index in [1.54, 1.807) is 82.6 Å². The van der Waals surface area contributed by atoms with E-state index in [0.717, 1.165) is 35.5 Å². The first-order valence-electron chi connectivity index (χ1n) is 15.2. The summed E-state index contributed by atoms with van der Waals surface area (Å²) in [6.45, 7) is 0. The number of hydrogen-bond donors (Lipinski definition) is 0. The maximum atomic E-state index is 2.64. The summed E-state index contributed by atoms with van der Waals surface area (Å²) in [5.41, 5.74) is 4.37. The van der Waals surface area contributed by atoms with Crippen LogP contribution in [0.15, 0.2) is 48.5 Å². The molecule has 0 amide bonds. The van der Waals surface area contributed by atoms with Gasteiger partial charge in [-0.1, -0.05) is 44.3 Å². The van der Waals surface area contributed by atoms with E-state index in [1.807, 2.05) is 5.30 Å². The van der Waals surface area contributed by atoms with Gasteiger partial charge in [-0.3, -0.25) is 0 Å². The third-order valence-electron chi connectivity index (χ3n) is 11.8. The maximum absolute atomic E-state index is 2.64. The Bertz CT molecular complexity index is 1050. The van der Waals surface area contributed by atoms with Crippen LogP contribution in [0, 0.1) is 35.5 Å². The minimum atomic E-state index is -0.187. The van der Waals surface area contributed by atoms with Crippen LogP contribution >= 0.6 is 7.92 Å². The van der Waals surface area contributed by atoms with Crippen LogP contribution in [0.3, 0.4) is 0 Å². The van der Waals surface area contributed by atoms with Crippen molar-refractivity contribution in [2.75, 3.05) is 19.0 Å². The molecule has 0 saturated heterocycles. The summed E-state index contributed by atoms with van der Waals surface area (Å²) in [5, 5.41) is 3.07. The first-order chi connectivity index (χ1) is 17.5. The summed E-state index contributed by atoms with van der Waals surface area (Å²) < 4.78 is 0. The first kappa shape index (κ1) is 22.6. The van der Waals surface area contributed by atoms with Gasteiger partial charge in [-0.15, -0.1) is 0 Å². The van der Waals surface area contributed by atoms with Crippen molar-refractivity contribution < 1.29 is 0 Å². The van der Waals surface area contributed by atoms with Crippen LogP contribution in [0.4, 0.5) is 5.69 Å². The fraction of sp³-hybridized carbons (Fsp3) is 0.647.